The molecule has 0 bridgehead atoms. The standard InChI is InChI=1S/C15H28N4O/c1-16-15(19-13-9-5-6-10-13)17-11-14(20)18-12-7-3-2-4-8-12/h12-13H,2-11H2,1H3,(H,18,20)(H2,16,17,19). The Morgan fingerprint density at radius 2 is 1.50 bits per heavy atom. The summed E-state index contributed by atoms with van der Waals surface area (Å²) in [5.41, 5.74) is 0. The van der Waals surface area contributed by atoms with Crippen LogP contribution in [-0.2, 0) is 4.79 Å². The summed E-state index contributed by atoms with van der Waals surface area (Å²) in [6.45, 7) is 0.308. The van der Waals surface area contributed by atoms with Crippen LogP contribution in [0.2, 0.25) is 0 Å². The summed E-state index contributed by atoms with van der Waals surface area (Å²) in [5, 5.41) is 9.60. The van der Waals surface area contributed by atoms with Gasteiger partial charge in [-0.15, -0.1) is 0 Å². The average Bonchev–Trinajstić information content (AvgIpc) is 2.97. The molecule has 1 amide bonds. The first-order chi connectivity index (χ1) is 9.78. The van der Waals surface area contributed by atoms with E-state index in [1.54, 1.807) is 7.05 Å². The number of aliphatic imine (C=N–C) groups is 1. The van der Waals surface area contributed by atoms with E-state index in [4.69, 9.17) is 0 Å². The highest BCUT2D eigenvalue weighted by Gasteiger charge is 2.17. The minimum atomic E-state index is 0.0753. The number of hydrogen-bond acceptors (Lipinski definition) is 2. The van der Waals surface area contributed by atoms with Crippen LogP contribution in [0.3, 0.4) is 0 Å². The Hall–Kier alpha value is -1.26. The molecule has 0 spiro atoms. The molecule has 114 valence electrons. The number of hydrogen-bond donors (Lipinski definition) is 3. The van der Waals surface area contributed by atoms with Crippen molar-refractivity contribution in [1.29, 1.82) is 0 Å². The second-order valence-electron chi connectivity index (χ2n) is 5.95. The molecule has 20 heavy (non-hydrogen) atoms. The lowest BCUT2D eigenvalue weighted by Crippen LogP contribution is -2.47. The summed E-state index contributed by atoms with van der Waals surface area (Å²) >= 11 is 0. The first-order valence-electron chi connectivity index (χ1n) is 8.04. The fourth-order valence-corrected chi connectivity index (χ4v) is 3.15. The minimum absolute atomic E-state index is 0.0753. The van der Waals surface area contributed by atoms with E-state index in [2.05, 4.69) is 20.9 Å². The zero-order valence-electron chi connectivity index (χ0n) is 12.6. The summed E-state index contributed by atoms with van der Waals surface area (Å²) < 4.78 is 0. The highest BCUT2D eigenvalue weighted by atomic mass is 16.2. The van der Waals surface area contributed by atoms with Gasteiger partial charge in [0.25, 0.3) is 0 Å². The Kier molecular flexibility index (Phi) is 6.15. The predicted octanol–water partition coefficient (Wildman–Crippen LogP) is 1.54. The molecule has 0 atom stereocenters. The van der Waals surface area contributed by atoms with E-state index >= 15 is 0 Å². The molecule has 5 heteroatoms. The molecule has 0 unspecified atom stereocenters. The maximum atomic E-state index is 11.9. The van der Waals surface area contributed by atoms with Crippen LogP contribution in [0.15, 0.2) is 4.99 Å². The van der Waals surface area contributed by atoms with Crippen LogP contribution in [0, 0.1) is 0 Å². The van der Waals surface area contributed by atoms with Gasteiger partial charge < -0.3 is 16.0 Å². The first kappa shape index (κ1) is 15.1. The first-order valence-corrected chi connectivity index (χ1v) is 8.04. The van der Waals surface area contributed by atoms with Crippen molar-refractivity contribution in [2.45, 2.75) is 69.9 Å². The lowest BCUT2D eigenvalue weighted by molar-refractivity contribution is -0.120. The molecule has 0 aromatic rings. The summed E-state index contributed by atoms with van der Waals surface area (Å²) in [6, 6.07) is 0.894. The summed E-state index contributed by atoms with van der Waals surface area (Å²) in [7, 11) is 1.75. The Morgan fingerprint density at radius 1 is 0.950 bits per heavy atom. The van der Waals surface area contributed by atoms with Gasteiger partial charge in [0.2, 0.25) is 5.91 Å². The second kappa shape index (κ2) is 8.12. The molecule has 2 aliphatic rings. The largest absolute Gasteiger partial charge is 0.354 e. The molecule has 0 aliphatic heterocycles. The van der Waals surface area contributed by atoms with Crippen LogP contribution in [0.25, 0.3) is 0 Å². The third kappa shape index (κ3) is 5.02. The lowest BCUT2D eigenvalue weighted by Gasteiger charge is -2.23. The van der Waals surface area contributed by atoms with Gasteiger partial charge in [-0.2, -0.15) is 0 Å². The molecule has 2 saturated carbocycles. The topological polar surface area (TPSA) is 65.5 Å². The van der Waals surface area contributed by atoms with Crippen molar-refractivity contribution < 1.29 is 4.79 Å². The van der Waals surface area contributed by atoms with Crippen LogP contribution in [0.5, 0.6) is 0 Å². The molecule has 2 rings (SSSR count). The van der Waals surface area contributed by atoms with E-state index in [0.717, 1.165) is 18.8 Å². The van der Waals surface area contributed by atoms with Crippen molar-refractivity contribution in [3.63, 3.8) is 0 Å². The number of amides is 1. The molecule has 0 heterocycles. The number of carbonyl (C=O) groups excluding carboxylic acids is 1. The summed E-state index contributed by atoms with van der Waals surface area (Å²) in [4.78, 5) is 16.1. The Labute approximate surface area is 122 Å². The lowest BCUT2D eigenvalue weighted by atomic mass is 9.95. The minimum Gasteiger partial charge on any atom is -0.354 e. The quantitative estimate of drug-likeness (QED) is 0.540. The van der Waals surface area contributed by atoms with Gasteiger partial charge in [-0.05, 0) is 25.7 Å². The van der Waals surface area contributed by atoms with E-state index in [0.29, 0.717) is 18.6 Å². The van der Waals surface area contributed by atoms with Crippen molar-refractivity contribution in [2.75, 3.05) is 13.6 Å². The smallest absolute Gasteiger partial charge is 0.239 e. The molecule has 0 saturated heterocycles. The van der Waals surface area contributed by atoms with Gasteiger partial charge in [-0.25, -0.2) is 0 Å². The van der Waals surface area contributed by atoms with Crippen LogP contribution in [-0.4, -0.2) is 37.5 Å². The number of rotatable bonds is 4. The van der Waals surface area contributed by atoms with Gasteiger partial charge in [0.05, 0.1) is 6.54 Å². The van der Waals surface area contributed by atoms with Crippen molar-refractivity contribution in [3.05, 3.63) is 0 Å². The van der Waals surface area contributed by atoms with Crippen molar-refractivity contribution in [2.24, 2.45) is 4.99 Å². The molecule has 0 radical (unpaired) electrons. The van der Waals surface area contributed by atoms with Gasteiger partial charge in [0.1, 0.15) is 0 Å². The maximum absolute atomic E-state index is 11.9. The van der Waals surface area contributed by atoms with Crippen molar-refractivity contribution in [3.8, 4) is 0 Å². The predicted molar refractivity (Wildman–Crippen MR) is 81.8 cm³/mol. The van der Waals surface area contributed by atoms with Crippen molar-refractivity contribution >= 4 is 11.9 Å². The molecule has 0 aromatic heterocycles. The average molecular weight is 280 g/mol. The molecule has 5 nitrogen and oxygen atoms in total. The Morgan fingerprint density at radius 3 is 2.10 bits per heavy atom. The van der Waals surface area contributed by atoms with Gasteiger partial charge in [-0.3, -0.25) is 9.79 Å². The second-order valence-corrected chi connectivity index (χ2v) is 5.95. The zero-order valence-corrected chi connectivity index (χ0v) is 12.6. The van der Waals surface area contributed by atoms with E-state index in [1.807, 2.05) is 0 Å². The molecule has 0 aromatic carbocycles. The normalized spacial score (nSPS) is 21.8. The van der Waals surface area contributed by atoms with Crippen LogP contribution >= 0.6 is 0 Å². The van der Waals surface area contributed by atoms with Crippen LogP contribution in [0.1, 0.15) is 57.8 Å². The van der Waals surface area contributed by atoms with Crippen LogP contribution in [0.4, 0.5) is 0 Å². The number of nitrogens with zero attached hydrogens (tertiary/aromatic N) is 1. The fraction of sp³-hybridized carbons (Fsp3) is 0.867. The van der Waals surface area contributed by atoms with E-state index in [9.17, 15) is 4.79 Å². The number of guanidine groups is 1. The molecule has 3 N–H and O–H groups in total. The highest BCUT2D eigenvalue weighted by molar-refractivity contribution is 5.86. The highest BCUT2D eigenvalue weighted by Crippen LogP contribution is 2.18. The van der Waals surface area contributed by atoms with Gasteiger partial charge in [-0.1, -0.05) is 32.1 Å². The third-order valence-electron chi connectivity index (χ3n) is 4.31. The molecular weight excluding hydrogens is 252 g/mol. The number of nitrogens with one attached hydrogen (secondary N) is 3. The van der Waals surface area contributed by atoms with E-state index in [1.165, 1.54) is 44.9 Å². The molecule has 2 aliphatic carbocycles. The molecule has 2 fully saturated rings. The van der Waals surface area contributed by atoms with Gasteiger partial charge in [0.15, 0.2) is 5.96 Å². The Balaban J connectivity index is 1.65. The summed E-state index contributed by atoms with van der Waals surface area (Å²) in [6.07, 6.45) is 11.0. The van der Waals surface area contributed by atoms with Crippen LogP contribution < -0.4 is 16.0 Å². The van der Waals surface area contributed by atoms with E-state index < -0.39 is 0 Å². The molecular formula is C15H28N4O. The number of carbonyl (C=O) groups is 1. The Bertz CT molecular complexity index is 331. The van der Waals surface area contributed by atoms with E-state index in [-0.39, 0.29) is 5.91 Å². The third-order valence-corrected chi connectivity index (χ3v) is 4.31. The monoisotopic (exact) mass is 280 g/mol. The van der Waals surface area contributed by atoms with Gasteiger partial charge in [0, 0.05) is 19.1 Å². The van der Waals surface area contributed by atoms with Gasteiger partial charge >= 0.3 is 0 Å². The van der Waals surface area contributed by atoms with Crippen molar-refractivity contribution in [1.82, 2.24) is 16.0 Å². The SMILES string of the molecule is CN=C(NCC(=O)NC1CCCCC1)NC1CCCC1. The fourth-order valence-electron chi connectivity index (χ4n) is 3.15. The maximum Gasteiger partial charge on any atom is 0.239 e. The summed E-state index contributed by atoms with van der Waals surface area (Å²) in [5.74, 6) is 0.821. The zero-order chi connectivity index (χ0) is 14.2.